The summed E-state index contributed by atoms with van der Waals surface area (Å²) in [6, 6.07) is 9.94. The van der Waals surface area contributed by atoms with Crippen LogP contribution in [0, 0.1) is 5.82 Å². The molecule has 0 fully saturated rings. The van der Waals surface area contributed by atoms with Gasteiger partial charge < -0.3 is 4.90 Å². The molecule has 1 aliphatic heterocycles. The molecule has 0 aliphatic carbocycles. The summed E-state index contributed by atoms with van der Waals surface area (Å²) < 4.78 is 27.1. The van der Waals surface area contributed by atoms with Crippen LogP contribution in [-0.4, -0.2) is 41.6 Å². The number of hydrogen-bond acceptors (Lipinski definition) is 4. The fraction of sp³-hybridized carbons (Fsp3) is 0.320. The van der Waals surface area contributed by atoms with Gasteiger partial charge in [-0.05, 0) is 35.4 Å². The molecule has 172 valence electrons. The maximum absolute atomic E-state index is 13.6. The number of benzene rings is 1. The Morgan fingerprint density at radius 3 is 2.76 bits per heavy atom. The third kappa shape index (κ3) is 5.63. The zero-order chi connectivity index (χ0) is 23.6. The van der Waals surface area contributed by atoms with Crippen molar-refractivity contribution in [1.82, 2.24) is 19.7 Å². The average Bonchev–Trinajstić information content (AvgIpc) is 3.40. The van der Waals surface area contributed by atoms with Crippen LogP contribution in [0.2, 0.25) is 0 Å². The van der Waals surface area contributed by atoms with Crippen molar-refractivity contribution in [1.29, 1.82) is 0 Å². The molecule has 1 aliphatic rings. The molecule has 0 saturated carbocycles. The number of carbonyl (C=O) groups excluding carboxylic acids is 1. The van der Waals surface area contributed by atoms with E-state index >= 15 is 0 Å². The third-order valence-corrected chi connectivity index (χ3v) is 6.67. The summed E-state index contributed by atoms with van der Waals surface area (Å²) in [5.41, 5.74) is 3.24. The van der Waals surface area contributed by atoms with Crippen molar-refractivity contribution in [2.24, 2.45) is 0 Å². The Kier molecular flexibility index (Phi) is 6.56. The van der Waals surface area contributed by atoms with Gasteiger partial charge in [0.15, 0.2) is 0 Å². The smallest absolute Gasteiger partial charge is 0.245 e. The molecule has 2 aromatic heterocycles. The van der Waals surface area contributed by atoms with Crippen molar-refractivity contribution in [3.8, 4) is 11.1 Å². The number of pyridine rings is 1. The quantitative estimate of drug-likeness (QED) is 0.550. The van der Waals surface area contributed by atoms with Crippen LogP contribution in [0.5, 0.6) is 0 Å². The van der Waals surface area contributed by atoms with Crippen molar-refractivity contribution >= 4 is 16.7 Å². The summed E-state index contributed by atoms with van der Waals surface area (Å²) in [5, 5.41) is 5.95. The first-order chi connectivity index (χ1) is 15.7. The zero-order valence-electron chi connectivity index (χ0n) is 18.9. The maximum Gasteiger partial charge on any atom is 0.245 e. The van der Waals surface area contributed by atoms with Crippen molar-refractivity contribution in [3.63, 3.8) is 0 Å². The predicted octanol–water partition coefficient (Wildman–Crippen LogP) is 4.06. The summed E-state index contributed by atoms with van der Waals surface area (Å²) in [6.45, 7) is 6.70. The van der Waals surface area contributed by atoms with E-state index in [2.05, 4.69) is 30.9 Å². The Balaban J connectivity index is 1.55. The molecular formula is C25H27FN4O2S. The molecule has 8 heteroatoms. The Bertz CT molecular complexity index is 1210. The van der Waals surface area contributed by atoms with E-state index in [1.807, 2.05) is 18.2 Å². The molecule has 0 spiro atoms. The molecule has 3 aromatic rings. The summed E-state index contributed by atoms with van der Waals surface area (Å²) >= 11 is 0. The summed E-state index contributed by atoms with van der Waals surface area (Å²) in [7, 11) is -1.08. The van der Waals surface area contributed by atoms with Crippen molar-refractivity contribution in [2.75, 3.05) is 5.75 Å². The summed E-state index contributed by atoms with van der Waals surface area (Å²) in [6.07, 6.45) is 6.95. The Morgan fingerprint density at radius 2 is 2.06 bits per heavy atom. The number of halogens is 1. The largest absolute Gasteiger partial charge is 0.329 e. The van der Waals surface area contributed by atoms with Crippen LogP contribution in [0.15, 0.2) is 66.5 Å². The average molecular weight is 467 g/mol. The highest BCUT2D eigenvalue weighted by Crippen LogP contribution is 2.23. The number of carbonyl (C=O) groups is 1. The molecule has 2 unspecified atom stereocenters. The minimum Gasteiger partial charge on any atom is -0.329 e. The fourth-order valence-electron chi connectivity index (χ4n) is 3.72. The second-order valence-corrected chi connectivity index (χ2v) is 10.6. The van der Waals surface area contributed by atoms with Crippen LogP contribution in [0.4, 0.5) is 4.39 Å². The molecule has 6 nitrogen and oxygen atoms in total. The second-order valence-electron chi connectivity index (χ2n) is 9.20. The van der Waals surface area contributed by atoms with E-state index in [1.165, 1.54) is 12.1 Å². The number of rotatable bonds is 6. The van der Waals surface area contributed by atoms with Crippen LogP contribution in [0.1, 0.15) is 32.0 Å². The van der Waals surface area contributed by atoms with E-state index in [1.54, 1.807) is 45.7 Å². The molecule has 0 saturated heterocycles. The first-order valence-corrected chi connectivity index (χ1v) is 12.2. The monoisotopic (exact) mass is 466 g/mol. The van der Waals surface area contributed by atoms with Gasteiger partial charge in [0, 0.05) is 51.8 Å². The number of aromatic nitrogens is 3. The minimum atomic E-state index is -1.08. The molecular weight excluding hydrogens is 439 g/mol. The van der Waals surface area contributed by atoms with E-state index in [4.69, 9.17) is 0 Å². The van der Waals surface area contributed by atoms with Crippen LogP contribution >= 0.6 is 0 Å². The number of nitrogens with zero attached hydrogens (tertiary/aromatic N) is 4. The van der Waals surface area contributed by atoms with Crippen molar-refractivity contribution in [3.05, 3.63) is 83.5 Å². The Morgan fingerprint density at radius 1 is 1.24 bits per heavy atom. The van der Waals surface area contributed by atoms with Crippen LogP contribution in [-0.2, 0) is 34.1 Å². The topological polar surface area (TPSA) is 68.1 Å². The number of hydrogen-bond donors (Lipinski definition) is 0. The Labute approximate surface area is 195 Å². The highest BCUT2D eigenvalue weighted by molar-refractivity contribution is 7.88. The lowest BCUT2D eigenvalue weighted by atomic mass is 9.91. The van der Waals surface area contributed by atoms with Gasteiger partial charge in [0.05, 0.1) is 18.0 Å². The first-order valence-electron chi connectivity index (χ1n) is 10.8. The van der Waals surface area contributed by atoms with Gasteiger partial charge in [0.25, 0.3) is 0 Å². The van der Waals surface area contributed by atoms with Gasteiger partial charge in [0.1, 0.15) is 12.4 Å². The van der Waals surface area contributed by atoms with Crippen molar-refractivity contribution in [2.45, 2.75) is 45.3 Å². The van der Waals surface area contributed by atoms with E-state index in [-0.39, 0.29) is 29.7 Å². The van der Waals surface area contributed by atoms with Gasteiger partial charge in [-0.3, -0.25) is 18.7 Å². The molecule has 1 amide bonds. The molecule has 33 heavy (non-hydrogen) atoms. The third-order valence-electron chi connectivity index (χ3n) is 5.54. The lowest BCUT2D eigenvalue weighted by Gasteiger charge is -2.28. The lowest BCUT2D eigenvalue weighted by molar-refractivity contribution is -0.133. The van der Waals surface area contributed by atoms with Crippen molar-refractivity contribution < 1.29 is 13.4 Å². The molecule has 4 rings (SSSR count). The van der Waals surface area contributed by atoms with Gasteiger partial charge in [-0.2, -0.15) is 5.10 Å². The standard InChI is InChI=1S/C25H27FN4O2S/c1-25(2,3)23-11-18(7-9-27-23)14-30(22-8-10-33(32)17-22)24(31)16-29-15-20(13-28-29)19-5-4-6-21(26)12-19/h4-13,15,22H,14,16-17H2,1-3H3. The highest BCUT2D eigenvalue weighted by atomic mass is 32.2. The zero-order valence-corrected chi connectivity index (χ0v) is 19.8. The molecule has 0 radical (unpaired) electrons. The second kappa shape index (κ2) is 9.39. The van der Waals surface area contributed by atoms with E-state index in [0.29, 0.717) is 17.9 Å². The first kappa shape index (κ1) is 23.0. The molecule has 0 bridgehead atoms. The molecule has 1 aromatic carbocycles. The Hall–Kier alpha value is -3.13. The van der Waals surface area contributed by atoms with Gasteiger partial charge >= 0.3 is 0 Å². The fourth-order valence-corrected chi connectivity index (χ4v) is 4.81. The molecule has 0 N–H and O–H groups in total. The highest BCUT2D eigenvalue weighted by Gasteiger charge is 2.27. The lowest BCUT2D eigenvalue weighted by Crippen LogP contribution is -2.42. The van der Waals surface area contributed by atoms with E-state index in [0.717, 1.165) is 16.8 Å². The van der Waals surface area contributed by atoms with Gasteiger partial charge in [-0.1, -0.05) is 39.0 Å². The van der Waals surface area contributed by atoms with Crippen LogP contribution in [0.25, 0.3) is 11.1 Å². The molecule has 2 atom stereocenters. The predicted molar refractivity (Wildman–Crippen MR) is 127 cm³/mol. The summed E-state index contributed by atoms with van der Waals surface area (Å²) in [4.78, 5) is 19.6. The van der Waals surface area contributed by atoms with E-state index < -0.39 is 10.8 Å². The molecule has 3 heterocycles. The maximum atomic E-state index is 13.6. The van der Waals surface area contributed by atoms with Gasteiger partial charge in [-0.25, -0.2) is 4.39 Å². The summed E-state index contributed by atoms with van der Waals surface area (Å²) in [5.74, 6) is -0.0709. The minimum absolute atomic E-state index is 0.0313. The van der Waals surface area contributed by atoms with Crippen LogP contribution < -0.4 is 0 Å². The normalized spacial score (nSPS) is 17.9. The SMILES string of the molecule is CC(C)(C)c1cc(CN(C(=O)Cn2cc(-c3cccc(F)c3)cn2)C2C=CS(=O)C2)ccn1. The van der Waals surface area contributed by atoms with Gasteiger partial charge in [0.2, 0.25) is 5.91 Å². The van der Waals surface area contributed by atoms with Gasteiger partial charge in [-0.15, -0.1) is 0 Å². The number of amides is 1. The van der Waals surface area contributed by atoms with Crippen LogP contribution in [0.3, 0.4) is 0 Å². The van der Waals surface area contributed by atoms with E-state index in [9.17, 15) is 13.4 Å².